The van der Waals surface area contributed by atoms with Gasteiger partial charge in [-0.3, -0.25) is 9.52 Å². The number of anilines is 2. The average Bonchev–Trinajstić information content (AvgIpc) is 2.97. The van der Waals surface area contributed by atoms with Crippen molar-refractivity contribution >= 4 is 27.3 Å². The first-order valence-electron chi connectivity index (χ1n) is 6.65. The van der Waals surface area contributed by atoms with Gasteiger partial charge in [0.15, 0.2) is 0 Å². The highest BCUT2D eigenvalue weighted by Crippen LogP contribution is 2.25. The minimum atomic E-state index is -3.75. The van der Waals surface area contributed by atoms with Crippen molar-refractivity contribution in [2.45, 2.75) is 13.3 Å². The van der Waals surface area contributed by atoms with Crippen LogP contribution in [0.2, 0.25) is 0 Å². The van der Waals surface area contributed by atoms with Crippen molar-refractivity contribution in [3.05, 3.63) is 47.9 Å². The molecule has 2 rings (SSSR count). The van der Waals surface area contributed by atoms with Gasteiger partial charge >= 0.3 is 0 Å². The topological polar surface area (TPSA) is 88.4 Å². The Morgan fingerprint density at radius 3 is 2.52 bits per heavy atom. The van der Waals surface area contributed by atoms with Crippen molar-refractivity contribution in [1.29, 1.82) is 0 Å². The molecule has 0 saturated heterocycles. The molecule has 0 bridgehead atoms. The van der Waals surface area contributed by atoms with Crippen LogP contribution in [0, 0.1) is 11.6 Å². The van der Waals surface area contributed by atoms with E-state index in [-0.39, 0.29) is 17.0 Å². The van der Waals surface area contributed by atoms with Crippen LogP contribution in [0.3, 0.4) is 0 Å². The van der Waals surface area contributed by atoms with Crippen molar-refractivity contribution in [2.75, 3.05) is 15.8 Å². The second-order valence-corrected chi connectivity index (χ2v) is 6.54. The molecule has 0 spiro atoms. The van der Waals surface area contributed by atoms with Gasteiger partial charge < -0.3 is 9.73 Å². The van der Waals surface area contributed by atoms with E-state index in [1.165, 1.54) is 12.3 Å². The van der Waals surface area contributed by atoms with Crippen LogP contribution in [0.4, 0.5) is 20.2 Å². The van der Waals surface area contributed by atoms with Crippen LogP contribution in [-0.2, 0) is 10.0 Å². The van der Waals surface area contributed by atoms with E-state index in [2.05, 4.69) is 5.32 Å². The van der Waals surface area contributed by atoms with Gasteiger partial charge in [-0.15, -0.1) is 0 Å². The first-order chi connectivity index (χ1) is 10.8. The summed E-state index contributed by atoms with van der Waals surface area (Å²) in [6, 6.07) is 2.74. The Bertz CT molecular complexity index is 804. The van der Waals surface area contributed by atoms with Gasteiger partial charge in [-0.05, 0) is 18.6 Å². The molecule has 1 aromatic heterocycles. The summed E-state index contributed by atoms with van der Waals surface area (Å²) < 4.78 is 57.6. The number of nitrogens with one attached hydrogen (secondary N) is 2. The van der Waals surface area contributed by atoms with E-state index < -0.39 is 33.3 Å². The van der Waals surface area contributed by atoms with Crippen LogP contribution in [0.15, 0.2) is 35.1 Å². The van der Waals surface area contributed by atoms with Crippen LogP contribution in [0.5, 0.6) is 0 Å². The summed E-state index contributed by atoms with van der Waals surface area (Å²) in [5, 5.41) is 2.22. The van der Waals surface area contributed by atoms with Gasteiger partial charge in [0, 0.05) is 6.07 Å². The molecule has 6 nitrogen and oxygen atoms in total. The number of benzene rings is 1. The lowest BCUT2D eigenvalue weighted by Gasteiger charge is -2.11. The van der Waals surface area contributed by atoms with Crippen LogP contribution in [0.25, 0.3) is 0 Å². The Labute approximate surface area is 131 Å². The van der Waals surface area contributed by atoms with Gasteiger partial charge in [0.25, 0.3) is 5.91 Å². The van der Waals surface area contributed by atoms with Gasteiger partial charge in [0.2, 0.25) is 10.0 Å². The molecule has 1 heterocycles. The third kappa shape index (κ3) is 4.28. The number of amides is 1. The van der Waals surface area contributed by atoms with E-state index in [0.29, 0.717) is 12.5 Å². The summed E-state index contributed by atoms with van der Waals surface area (Å²) in [5.74, 6) is -2.99. The number of halogens is 2. The molecule has 2 N–H and O–H groups in total. The zero-order valence-electron chi connectivity index (χ0n) is 12.1. The van der Waals surface area contributed by atoms with Crippen molar-refractivity contribution in [3.63, 3.8) is 0 Å². The lowest BCUT2D eigenvalue weighted by atomic mass is 10.2. The van der Waals surface area contributed by atoms with E-state index in [1.807, 2.05) is 4.72 Å². The van der Waals surface area contributed by atoms with Crippen molar-refractivity contribution in [2.24, 2.45) is 0 Å². The Hall–Kier alpha value is -2.42. The SMILES string of the molecule is CCCS(=O)(=O)Nc1cc(NC(=O)c2ccoc2)c(F)cc1F. The molecule has 0 unspecified atom stereocenters. The number of rotatable bonds is 6. The van der Waals surface area contributed by atoms with E-state index in [0.717, 1.165) is 12.3 Å². The number of carbonyl (C=O) groups excluding carboxylic acids is 1. The van der Waals surface area contributed by atoms with E-state index >= 15 is 0 Å². The van der Waals surface area contributed by atoms with E-state index in [1.54, 1.807) is 6.92 Å². The highest BCUT2D eigenvalue weighted by atomic mass is 32.2. The summed E-state index contributed by atoms with van der Waals surface area (Å²) in [6.45, 7) is 1.65. The van der Waals surface area contributed by atoms with Crippen LogP contribution < -0.4 is 10.0 Å². The second kappa shape index (κ2) is 6.78. The molecule has 0 aliphatic rings. The normalized spacial score (nSPS) is 11.3. The van der Waals surface area contributed by atoms with Crippen LogP contribution in [0.1, 0.15) is 23.7 Å². The van der Waals surface area contributed by atoms with Crippen molar-refractivity contribution in [1.82, 2.24) is 0 Å². The Morgan fingerprint density at radius 2 is 1.91 bits per heavy atom. The lowest BCUT2D eigenvalue weighted by Crippen LogP contribution is -2.18. The number of hydrogen-bond acceptors (Lipinski definition) is 4. The predicted molar refractivity (Wildman–Crippen MR) is 80.7 cm³/mol. The highest BCUT2D eigenvalue weighted by molar-refractivity contribution is 7.92. The molecule has 0 atom stereocenters. The molecule has 0 fully saturated rings. The number of furan rings is 1. The minimum absolute atomic E-state index is 0.141. The standard InChI is InChI=1S/C14H14F2N2O4S/c1-2-5-23(20,21)18-13-7-12(10(15)6-11(13)16)17-14(19)9-3-4-22-8-9/h3-4,6-8,18H,2,5H2,1H3,(H,17,19). The summed E-state index contributed by atoms with van der Waals surface area (Å²) in [5.41, 5.74) is -0.656. The van der Waals surface area contributed by atoms with Gasteiger partial charge in [-0.2, -0.15) is 0 Å². The molecular weight excluding hydrogens is 330 g/mol. The lowest BCUT2D eigenvalue weighted by molar-refractivity contribution is 0.102. The molecule has 23 heavy (non-hydrogen) atoms. The van der Waals surface area contributed by atoms with E-state index in [4.69, 9.17) is 4.42 Å². The Balaban J connectivity index is 2.27. The van der Waals surface area contributed by atoms with Crippen molar-refractivity contribution in [3.8, 4) is 0 Å². The maximum absolute atomic E-state index is 13.8. The van der Waals surface area contributed by atoms with Gasteiger partial charge in [-0.1, -0.05) is 6.92 Å². The fourth-order valence-corrected chi connectivity index (χ4v) is 2.93. The van der Waals surface area contributed by atoms with Gasteiger partial charge in [-0.25, -0.2) is 17.2 Å². The monoisotopic (exact) mass is 344 g/mol. The summed E-state index contributed by atoms with van der Waals surface area (Å²) in [7, 11) is -3.75. The van der Waals surface area contributed by atoms with Crippen LogP contribution >= 0.6 is 0 Å². The van der Waals surface area contributed by atoms with Gasteiger partial charge in [0.1, 0.15) is 17.9 Å². The zero-order chi connectivity index (χ0) is 17.0. The van der Waals surface area contributed by atoms with E-state index in [9.17, 15) is 22.0 Å². The zero-order valence-corrected chi connectivity index (χ0v) is 12.9. The molecule has 1 aromatic carbocycles. The first kappa shape index (κ1) is 16.9. The second-order valence-electron chi connectivity index (χ2n) is 4.70. The molecule has 0 radical (unpaired) electrons. The number of sulfonamides is 1. The Morgan fingerprint density at radius 1 is 1.22 bits per heavy atom. The third-order valence-electron chi connectivity index (χ3n) is 2.83. The molecule has 2 aromatic rings. The molecular formula is C14H14F2N2O4S. The smallest absolute Gasteiger partial charge is 0.258 e. The Kier molecular flexibility index (Phi) is 4.99. The fraction of sp³-hybridized carbons (Fsp3) is 0.214. The third-order valence-corrected chi connectivity index (χ3v) is 4.30. The summed E-state index contributed by atoms with van der Waals surface area (Å²) in [4.78, 5) is 11.8. The quantitative estimate of drug-likeness (QED) is 0.843. The number of hydrogen-bond donors (Lipinski definition) is 2. The molecule has 1 amide bonds. The largest absolute Gasteiger partial charge is 0.472 e. The summed E-state index contributed by atoms with van der Waals surface area (Å²) in [6.07, 6.45) is 2.75. The highest BCUT2D eigenvalue weighted by Gasteiger charge is 2.17. The molecule has 0 saturated carbocycles. The first-order valence-corrected chi connectivity index (χ1v) is 8.30. The molecule has 0 aliphatic heterocycles. The average molecular weight is 344 g/mol. The fourth-order valence-electron chi connectivity index (χ4n) is 1.80. The minimum Gasteiger partial charge on any atom is -0.472 e. The number of carbonyl (C=O) groups is 1. The molecule has 9 heteroatoms. The summed E-state index contributed by atoms with van der Waals surface area (Å²) >= 11 is 0. The van der Waals surface area contributed by atoms with Gasteiger partial charge in [0.05, 0.1) is 29.0 Å². The predicted octanol–water partition coefficient (Wildman–Crippen LogP) is 2.96. The molecule has 124 valence electrons. The maximum atomic E-state index is 13.8. The van der Waals surface area contributed by atoms with Crippen LogP contribution in [-0.4, -0.2) is 20.1 Å². The van der Waals surface area contributed by atoms with Crippen molar-refractivity contribution < 1.29 is 26.4 Å². The maximum Gasteiger partial charge on any atom is 0.258 e. The molecule has 0 aliphatic carbocycles.